The Morgan fingerprint density at radius 3 is 2.90 bits per heavy atom. The molecule has 0 radical (unpaired) electrons. The molecule has 2 N–H and O–H groups in total. The van der Waals surface area contributed by atoms with Gasteiger partial charge >= 0.3 is 5.97 Å². The molecule has 2 heterocycles. The van der Waals surface area contributed by atoms with Gasteiger partial charge in [0.25, 0.3) is 0 Å². The van der Waals surface area contributed by atoms with Gasteiger partial charge in [0.05, 0.1) is 17.2 Å². The summed E-state index contributed by atoms with van der Waals surface area (Å²) >= 11 is 5.12. The van der Waals surface area contributed by atoms with E-state index in [1.807, 2.05) is 24.9 Å². The zero-order valence-corrected chi connectivity index (χ0v) is 15.1. The van der Waals surface area contributed by atoms with Gasteiger partial charge in [0.15, 0.2) is 0 Å². The topological polar surface area (TPSA) is 55.6 Å². The fourth-order valence-corrected chi connectivity index (χ4v) is 5.61. The molecule has 1 fully saturated rings. The van der Waals surface area contributed by atoms with E-state index in [0.29, 0.717) is 22.4 Å². The normalized spacial score (nSPS) is 18.8. The number of thioether (sulfide) groups is 2. The summed E-state index contributed by atoms with van der Waals surface area (Å²) in [6.45, 7) is 6.45. The average molecular weight is 347 g/mol. The summed E-state index contributed by atoms with van der Waals surface area (Å²) in [7, 11) is 0. The van der Waals surface area contributed by atoms with Crippen molar-refractivity contribution in [2.45, 2.75) is 30.4 Å². The first-order valence-electron chi connectivity index (χ1n) is 7.12. The van der Waals surface area contributed by atoms with Crippen molar-refractivity contribution < 1.29 is 9.53 Å². The minimum absolute atomic E-state index is 0.306. The molecule has 118 valence electrons. The largest absolute Gasteiger partial charge is 0.462 e. The fraction of sp³-hybridized carbons (Fsp3) is 0.643. The molecule has 1 aromatic rings. The highest BCUT2D eigenvalue weighted by molar-refractivity contribution is 8.00. The Kier molecular flexibility index (Phi) is 6.13. The number of anilines is 2. The van der Waals surface area contributed by atoms with Gasteiger partial charge in [0.1, 0.15) is 9.88 Å². The molecule has 2 rings (SSSR count). The Hall–Kier alpha value is -0.530. The highest BCUT2D eigenvalue weighted by atomic mass is 32.2. The first-order chi connectivity index (χ1) is 10.1. The van der Waals surface area contributed by atoms with Crippen molar-refractivity contribution in [2.75, 3.05) is 42.3 Å². The quantitative estimate of drug-likeness (QED) is 0.650. The maximum absolute atomic E-state index is 12.0. The van der Waals surface area contributed by atoms with E-state index in [9.17, 15) is 4.79 Å². The molecule has 1 atom stereocenters. The van der Waals surface area contributed by atoms with Crippen LogP contribution in [0.15, 0.2) is 4.90 Å². The summed E-state index contributed by atoms with van der Waals surface area (Å²) in [6.07, 6.45) is 3.17. The molecule has 1 aliphatic heterocycles. The van der Waals surface area contributed by atoms with E-state index in [4.69, 9.17) is 10.5 Å². The van der Waals surface area contributed by atoms with Gasteiger partial charge in [-0.15, -0.1) is 23.1 Å². The molecule has 0 amide bonds. The van der Waals surface area contributed by atoms with Gasteiger partial charge in [0.2, 0.25) is 0 Å². The van der Waals surface area contributed by atoms with Gasteiger partial charge < -0.3 is 15.4 Å². The molecule has 4 nitrogen and oxygen atoms in total. The molecule has 21 heavy (non-hydrogen) atoms. The predicted octanol–water partition coefficient (Wildman–Crippen LogP) is 3.56. The monoisotopic (exact) mass is 346 g/mol. The number of esters is 1. The van der Waals surface area contributed by atoms with Crippen molar-refractivity contribution in [1.29, 1.82) is 0 Å². The van der Waals surface area contributed by atoms with Crippen molar-refractivity contribution in [3.8, 4) is 0 Å². The zero-order valence-electron chi connectivity index (χ0n) is 12.7. The molecule has 0 aromatic carbocycles. The average Bonchev–Trinajstić information content (AvgIpc) is 2.84. The lowest BCUT2D eigenvalue weighted by molar-refractivity contribution is 0.0533. The van der Waals surface area contributed by atoms with E-state index in [2.05, 4.69) is 11.8 Å². The number of thiophene rings is 1. The second-order valence-corrected chi connectivity index (χ2v) is 7.97. The van der Waals surface area contributed by atoms with Crippen LogP contribution in [0.5, 0.6) is 0 Å². The Labute approximate surface area is 138 Å². The number of nitrogen functional groups attached to an aromatic ring is 1. The molecule has 1 saturated heterocycles. The first-order valence-corrected chi connectivity index (χ1v) is 10.2. The molecule has 7 heteroatoms. The van der Waals surface area contributed by atoms with Crippen molar-refractivity contribution in [3.05, 3.63) is 4.88 Å². The van der Waals surface area contributed by atoms with E-state index in [1.54, 1.807) is 11.8 Å². The molecule has 0 saturated carbocycles. The van der Waals surface area contributed by atoms with E-state index in [-0.39, 0.29) is 5.97 Å². The van der Waals surface area contributed by atoms with Crippen molar-refractivity contribution in [1.82, 2.24) is 0 Å². The third-order valence-corrected chi connectivity index (χ3v) is 7.00. The van der Waals surface area contributed by atoms with Crippen LogP contribution in [0.2, 0.25) is 0 Å². The van der Waals surface area contributed by atoms with E-state index < -0.39 is 0 Å². The summed E-state index contributed by atoms with van der Waals surface area (Å²) in [6, 6.07) is 0. The summed E-state index contributed by atoms with van der Waals surface area (Å²) in [5, 5.41) is 1.78. The molecular formula is C14H22N2O2S3. The summed E-state index contributed by atoms with van der Waals surface area (Å²) in [4.78, 5) is 16.0. The lowest BCUT2D eigenvalue weighted by Crippen LogP contribution is -2.37. The van der Waals surface area contributed by atoms with Crippen LogP contribution in [-0.2, 0) is 4.74 Å². The van der Waals surface area contributed by atoms with Gasteiger partial charge in [0, 0.05) is 24.1 Å². The Morgan fingerprint density at radius 1 is 1.52 bits per heavy atom. The SMILES string of the molecule is CCOC(=O)c1sc(N2CCSC(CC)C2)c(SC)c1N. The highest BCUT2D eigenvalue weighted by Crippen LogP contribution is 2.45. The Balaban J connectivity index is 2.30. The minimum Gasteiger partial charge on any atom is -0.462 e. The van der Waals surface area contributed by atoms with E-state index in [0.717, 1.165) is 28.7 Å². The van der Waals surface area contributed by atoms with Crippen LogP contribution in [0.3, 0.4) is 0 Å². The van der Waals surface area contributed by atoms with E-state index >= 15 is 0 Å². The fourth-order valence-electron chi connectivity index (χ4n) is 2.32. The minimum atomic E-state index is -0.306. The van der Waals surface area contributed by atoms with Crippen LogP contribution in [0, 0.1) is 0 Å². The highest BCUT2D eigenvalue weighted by Gasteiger charge is 2.27. The standard InChI is InChI=1S/C14H22N2O2S3/c1-4-9-8-16(6-7-20-9)13-11(19-3)10(15)12(21-13)14(17)18-5-2/h9H,4-8,15H2,1-3H3. The Morgan fingerprint density at radius 2 is 2.29 bits per heavy atom. The maximum Gasteiger partial charge on any atom is 0.350 e. The van der Waals surface area contributed by atoms with Crippen molar-refractivity contribution >= 4 is 51.5 Å². The lowest BCUT2D eigenvalue weighted by atomic mass is 10.3. The van der Waals surface area contributed by atoms with E-state index in [1.165, 1.54) is 17.8 Å². The molecule has 0 aliphatic carbocycles. The Bertz CT molecular complexity index is 505. The van der Waals surface area contributed by atoms with Gasteiger partial charge in [-0.05, 0) is 19.6 Å². The summed E-state index contributed by atoms with van der Waals surface area (Å²) in [5.74, 6) is 0.818. The molecule has 1 aliphatic rings. The number of hydrogen-bond acceptors (Lipinski definition) is 7. The number of hydrogen-bond donors (Lipinski definition) is 1. The van der Waals surface area contributed by atoms with Gasteiger partial charge in [-0.1, -0.05) is 6.92 Å². The number of carbonyl (C=O) groups is 1. The van der Waals surface area contributed by atoms with Crippen LogP contribution in [0.1, 0.15) is 29.9 Å². The van der Waals surface area contributed by atoms with Gasteiger partial charge in [-0.25, -0.2) is 4.79 Å². The summed E-state index contributed by atoms with van der Waals surface area (Å²) in [5.41, 5.74) is 6.75. The third-order valence-electron chi connectivity index (χ3n) is 3.43. The molecular weight excluding hydrogens is 324 g/mol. The number of nitrogens with zero attached hydrogens (tertiary/aromatic N) is 1. The molecule has 0 bridgehead atoms. The van der Waals surface area contributed by atoms with Crippen LogP contribution < -0.4 is 10.6 Å². The number of carbonyl (C=O) groups excluding carboxylic acids is 1. The van der Waals surface area contributed by atoms with Gasteiger partial charge in [-0.2, -0.15) is 11.8 Å². The first kappa shape index (κ1) is 16.8. The second-order valence-electron chi connectivity index (χ2n) is 4.75. The molecule has 1 unspecified atom stereocenters. The number of rotatable bonds is 5. The van der Waals surface area contributed by atoms with Crippen LogP contribution in [0.4, 0.5) is 10.7 Å². The van der Waals surface area contributed by atoms with Crippen LogP contribution in [-0.4, -0.2) is 42.9 Å². The smallest absolute Gasteiger partial charge is 0.350 e. The maximum atomic E-state index is 12.0. The molecule has 0 spiro atoms. The van der Waals surface area contributed by atoms with Crippen LogP contribution in [0.25, 0.3) is 0 Å². The van der Waals surface area contributed by atoms with Crippen molar-refractivity contribution in [3.63, 3.8) is 0 Å². The number of nitrogens with two attached hydrogens (primary N) is 1. The predicted molar refractivity (Wildman–Crippen MR) is 95.2 cm³/mol. The number of ether oxygens (including phenoxy) is 1. The van der Waals surface area contributed by atoms with Gasteiger partial charge in [-0.3, -0.25) is 0 Å². The van der Waals surface area contributed by atoms with Crippen LogP contribution >= 0.6 is 34.9 Å². The third kappa shape index (κ3) is 3.63. The lowest BCUT2D eigenvalue weighted by Gasteiger charge is -2.33. The second kappa shape index (κ2) is 7.65. The molecule has 1 aromatic heterocycles. The zero-order chi connectivity index (χ0) is 15.4. The summed E-state index contributed by atoms with van der Waals surface area (Å²) < 4.78 is 5.11. The van der Waals surface area contributed by atoms with Crippen molar-refractivity contribution in [2.24, 2.45) is 0 Å².